The first-order chi connectivity index (χ1) is 12.7. The van der Waals surface area contributed by atoms with Crippen molar-refractivity contribution in [1.29, 1.82) is 0 Å². The van der Waals surface area contributed by atoms with Gasteiger partial charge in [-0.25, -0.2) is 0 Å². The molecular weight excluding hydrogens is 334 g/mol. The van der Waals surface area contributed by atoms with E-state index < -0.39 is 0 Å². The molecule has 0 radical (unpaired) electrons. The van der Waals surface area contributed by atoms with Crippen molar-refractivity contribution in [1.82, 2.24) is 0 Å². The van der Waals surface area contributed by atoms with Crippen LogP contribution in [-0.2, 0) is 0 Å². The summed E-state index contributed by atoms with van der Waals surface area (Å²) >= 11 is 2.01. The van der Waals surface area contributed by atoms with E-state index in [-0.39, 0.29) is 0 Å². The van der Waals surface area contributed by atoms with Gasteiger partial charge < -0.3 is 5.32 Å². The van der Waals surface area contributed by atoms with Crippen molar-refractivity contribution in [3.63, 3.8) is 0 Å². The van der Waals surface area contributed by atoms with E-state index in [4.69, 9.17) is 0 Å². The minimum Gasteiger partial charge on any atom is -0.376 e. The van der Waals surface area contributed by atoms with Gasteiger partial charge in [-0.2, -0.15) is 0 Å². The molecule has 0 saturated heterocycles. The van der Waals surface area contributed by atoms with Crippen LogP contribution in [0.1, 0.15) is 54.7 Å². The molecule has 2 heteroatoms. The average molecular weight is 358 g/mol. The molecule has 3 aromatic rings. The van der Waals surface area contributed by atoms with Crippen molar-refractivity contribution >= 4 is 32.7 Å². The molecule has 2 aliphatic carbocycles. The van der Waals surface area contributed by atoms with E-state index in [1.54, 1.807) is 21.6 Å². The summed E-state index contributed by atoms with van der Waals surface area (Å²) in [6.07, 6.45) is 2.64. The number of thiophene rings is 1. The number of rotatable bonds is 0. The summed E-state index contributed by atoms with van der Waals surface area (Å²) in [4.78, 5) is 1.56. The number of benzene rings is 2. The minimum absolute atomic E-state index is 0.409. The first kappa shape index (κ1) is 15.0. The summed E-state index contributed by atoms with van der Waals surface area (Å²) in [6, 6.07) is 18.4. The Morgan fingerprint density at radius 3 is 2.62 bits per heavy atom. The first-order valence-corrected chi connectivity index (χ1v) is 10.7. The van der Waals surface area contributed by atoms with E-state index in [2.05, 4.69) is 67.7 Å². The lowest BCUT2D eigenvalue weighted by molar-refractivity contribution is 0.452. The summed E-state index contributed by atoms with van der Waals surface area (Å²) in [5, 5.41) is 5.37. The fourth-order valence-electron chi connectivity index (χ4n) is 5.67. The molecular formula is C24H23NS. The third-order valence-electron chi connectivity index (χ3n) is 6.82. The SMILES string of the molecule is CC1CCC(C)C2=C1c1c(sc3ccccc13)C1Nc3ccccc3C21. The molecule has 4 atom stereocenters. The number of hydrogen-bond donors (Lipinski definition) is 1. The highest BCUT2D eigenvalue weighted by atomic mass is 32.1. The van der Waals surface area contributed by atoms with Gasteiger partial charge in [0.25, 0.3) is 0 Å². The average Bonchev–Trinajstić information content (AvgIpc) is 3.23. The zero-order valence-corrected chi connectivity index (χ0v) is 16.1. The van der Waals surface area contributed by atoms with Gasteiger partial charge in [-0.05, 0) is 47.9 Å². The third kappa shape index (κ3) is 1.81. The largest absolute Gasteiger partial charge is 0.376 e. The standard InChI is InChI=1S/C24H23NS/c1-13-11-12-14(2)20-19(13)21-15-7-3-5-9-17(15)25-23(21)24-22(20)16-8-4-6-10-18(16)26-24/h3-10,13-14,21,23,25H,11-12H2,1-2H3. The zero-order valence-electron chi connectivity index (χ0n) is 15.3. The summed E-state index contributed by atoms with van der Waals surface area (Å²) in [5.41, 5.74) is 7.82. The normalized spacial score (nSPS) is 29.0. The monoisotopic (exact) mass is 357 g/mol. The second-order valence-corrected chi connectivity index (χ2v) is 9.36. The topological polar surface area (TPSA) is 12.0 Å². The zero-order chi connectivity index (χ0) is 17.4. The molecule has 0 spiro atoms. The molecule has 1 aliphatic heterocycles. The lowest BCUT2D eigenvalue weighted by Gasteiger charge is -2.40. The highest BCUT2D eigenvalue weighted by molar-refractivity contribution is 7.19. The number of para-hydroxylation sites is 1. The van der Waals surface area contributed by atoms with E-state index in [1.165, 1.54) is 34.2 Å². The van der Waals surface area contributed by atoms with Gasteiger partial charge in [-0.3, -0.25) is 0 Å². The van der Waals surface area contributed by atoms with Crippen LogP contribution in [0, 0.1) is 11.8 Å². The van der Waals surface area contributed by atoms with Crippen LogP contribution in [0.5, 0.6) is 0 Å². The predicted molar refractivity (Wildman–Crippen MR) is 112 cm³/mol. The van der Waals surface area contributed by atoms with Gasteiger partial charge in [0, 0.05) is 32.1 Å². The van der Waals surface area contributed by atoms with Crippen LogP contribution in [0.3, 0.4) is 0 Å². The van der Waals surface area contributed by atoms with Gasteiger partial charge in [0.15, 0.2) is 0 Å². The molecule has 4 unspecified atom stereocenters. The summed E-state index contributed by atoms with van der Waals surface area (Å²) in [7, 11) is 0. The Morgan fingerprint density at radius 2 is 1.69 bits per heavy atom. The number of allylic oxidation sites excluding steroid dienone is 1. The first-order valence-electron chi connectivity index (χ1n) is 9.85. The second kappa shape index (κ2) is 5.23. The predicted octanol–water partition coefficient (Wildman–Crippen LogP) is 6.98. The summed E-state index contributed by atoms with van der Waals surface area (Å²) in [6.45, 7) is 4.91. The third-order valence-corrected chi connectivity index (χ3v) is 8.07. The van der Waals surface area contributed by atoms with Crippen molar-refractivity contribution in [2.24, 2.45) is 11.8 Å². The quantitative estimate of drug-likeness (QED) is 0.457. The van der Waals surface area contributed by atoms with E-state index in [1.807, 2.05) is 11.3 Å². The molecule has 2 heterocycles. The maximum Gasteiger partial charge on any atom is 0.0720 e. The van der Waals surface area contributed by atoms with Crippen LogP contribution < -0.4 is 5.32 Å². The number of nitrogens with one attached hydrogen (secondary N) is 1. The van der Waals surface area contributed by atoms with Crippen molar-refractivity contribution in [2.75, 3.05) is 5.32 Å². The highest BCUT2D eigenvalue weighted by Gasteiger charge is 2.46. The number of anilines is 1. The molecule has 130 valence electrons. The Morgan fingerprint density at radius 1 is 0.923 bits per heavy atom. The maximum atomic E-state index is 3.90. The number of fused-ring (bicyclic) bond motifs is 9. The Labute approximate surface area is 158 Å². The van der Waals surface area contributed by atoms with Gasteiger partial charge in [0.1, 0.15) is 0 Å². The van der Waals surface area contributed by atoms with Crippen molar-refractivity contribution in [3.05, 3.63) is 70.1 Å². The van der Waals surface area contributed by atoms with Gasteiger partial charge in [-0.1, -0.05) is 55.8 Å². The summed E-state index contributed by atoms with van der Waals surface area (Å²) in [5.74, 6) is 1.85. The van der Waals surface area contributed by atoms with Gasteiger partial charge >= 0.3 is 0 Å². The van der Waals surface area contributed by atoms with Crippen molar-refractivity contribution in [2.45, 2.75) is 38.6 Å². The van der Waals surface area contributed by atoms with Crippen LogP contribution in [-0.4, -0.2) is 0 Å². The second-order valence-electron chi connectivity index (χ2n) is 8.27. The molecule has 26 heavy (non-hydrogen) atoms. The number of hydrogen-bond acceptors (Lipinski definition) is 2. The maximum absolute atomic E-state index is 3.90. The minimum atomic E-state index is 0.409. The fraction of sp³-hybridized carbons (Fsp3) is 0.333. The van der Waals surface area contributed by atoms with Crippen LogP contribution in [0.25, 0.3) is 15.7 Å². The van der Waals surface area contributed by atoms with E-state index in [0.717, 1.165) is 0 Å². The lowest BCUT2D eigenvalue weighted by atomic mass is 9.65. The molecule has 1 aromatic heterocycles. The van der Waals surface area contributed by atoms with Crippen LogP contribution in [0.2, 0.25) is 0 Å². The molecule has 6 rings (SSSR count). The van der Waals surface area contributed by atoms with Crippen LogP contribution >= 0.6 is 11.3 Å². The molecule has 1 nitrogen and oxygen atoms in total. The van der Waals surface area contributed by atoms with Crippen LogP contribution in [0.4, 0.5) is 5.69 Å². The lowest BCUT2D eigenvalue weighted by Crippen LogP contribution is -2.27. The molecule has 1 N–H and O–H groups in total. The molecule has 3 aliphatic rings. The smallest absolute Gasteiger partial charge is 0.0720 e. The Hall–Kier alpha value is -2.06. The van der Waals surface area contributed by atoms with Gasteiger partial charge in [0.2, 0.25) is 0 Å². The summed E-state index contributed by atoms with van der Waals surface area (Å²) < 4.78 is 1.44. The Bertz CT molecular complexity index is 1070. The van der Waals surface area contributed by atoms with E-state index >= 15 is 0 Å². The fourth-order valence-corrected chi connectivity index (χ4v) is 6.98. The molecule has 0 saturated carbocycles. The highest BCUT2D eigenvalue weighted by Crippen LogP contribution is 2.62. The Balaban J connectivity index is 1.72. The van der Waals surface area contributed by atoms with E-state index in [9.17, 15) is 0 Å². The van der Waals surface area contributed by atoms with Gasteiger partial charge in [0.05, 0.1) is 6.04 Å². The van der Waals surface area contributed by atoms with Crippen molar-refractivity contribution in [3.8, 4) is 0 Å². The molecule has 0 bridgehead atoms. The van der Waals surface area contributed by atoms with Crippen LogP contribution in [0.15, 0.2) is 54.1 Å². The van der Waals surface area contributed by atoms with Gasteiger partial charge in [-0.15, -0.1) is 11.3 Å². The van der Waals surface area contributed by atoms with Crippen molar-refractivity contribution < 1.29 is 0 Å². The molecule has 0 amide bonds. The molecule has 2 aromatic carbocycles. The van der Waals surface area contributed by atoms with E-state index in [0.29, 0.717) is 23.8 Å². The Kier molecular flexibility index (Phi) is 3.03. The molecule has 0 fully saturated rings.